The van der Waals surface area contributed by atoms with Crippen LogP contribution in [0.1, 0.15) is 43.6 Å². The summed E-state index contributed by atoms with van der Waals surface area (Å²) in [6.07, 6.45) is 3.39. The topological polar surface area (TPSA) is 102 Å². The Balaban J connectivity index is 1.47. The zero-order valence-corrected chi connectivity index (χ0v) is 25.2. The van der Waals surface area contributed by atoms with E-state index < -0.39 is 10.0 Å². The first kappa shape index (κ1) is 29.0. The molecule has 9 nitrogen and oxygen atoms in total. The number of anilines is 1. The highest BCUT2D eigenvalue weighted by molar-refractivity contribution is 7.89. The molecule has 216 valence electrons. The fourth-order valence-electron chi connectivity index (χ4n) is 4.63. The van der Waals surface area contributed by atoms with Crippen molar-refractivity contribution < 1.29 is 22.7 Å². The van der Waals surface area contributed by atoms with E-state index in [1.165, 1.54) is 27.8 Å². The predicted molar refractivity (Wildman–Crippen MR) is 160 cm³/mol. The van der Waals surface area contributed by atoms with Crippen LogP contribution in [0.15, 0.2) is 65.8 Å². The SMILES string of the molecule is CC(C)CN(CC(C)C)S(=O)(=O)c1ccc(C(=O)N(Cc2cccnc2)c2nc3cc4c(cc3s2)OCCO4)cc1. The van der Waals surface area contributed by atoms with E-state index in [-0.39, 0.29) is 29.2 Å². The van der Waals surface area contributed by atoms with E-state index in [0.29, 0.717) is 54.0 Å². The van der Waals surface area contributed by atoms with Crippen LogP contribution in [0.4, 0.5) is 5.13 Å². The van der Waals surface area contributed by atoms with Crippen LogP contribution in [0, 0.1) is 11.8 Å². The lowest BCUT2D eigenvalue weighted by Crippen LogP contribution is -2.37. The molecule has 0 spiro atoms. The van der Waals surface area contributed by atoms with Gasteiger partial charge in [0.2, 0.25) is 10.0 Å². The fraction of sp³-hybridized carbons (Fsp3) is 0.367. The van der Waals surface area contributed by atoms with E-state index >= 15 is 0 Å². The van der Waals surface area contributed by atoms with Crippen molar-refractivity contribution >= 4 is 42.6 Å². The highest BCUT2D eigenvalue weighted by atomic mass is 32.2. The van der Waals surface area contributed by atoms with Crippen LogP contribution in [-0.2, 0) is 16.6 Å². The van der Waals surface area contributed by atoms with Crippen LogP contribution in [0.2, 0.25) is 0 Å². The lowest BCUT2D eigenvalue weighted by molar-refractivity contribution is 0.0985. The minimum atomic E-state index is -3.71. The van der Waals surface area contributed by atoms with Gasteiger partial charge in [0.25, 0.3) is 5.91 Å². The van der Waals surface area contributed by atoms with Gasteiger partial charge in [0, 0.05) is 43.2 Å². The second kappa shape index (κ2) is 12.1. The minimum Gasteiger partial charge on any atom is -0.486 e. The zero-order chi connectivity index (χ0) is 29.1. The smallest absolute Gasteiger partial charge is 0.260 e. The molecule has 5 rings (SSSR count). The number of carbonyl (C=O) groups excluding carboxylic acids is 1. The van der Waals surface area contributed by atoms with Gasteiger partial charge in [-0.25, -0.2) is 13.4 Å². The first-order valence-electron chi connectivity index (χ1n) is 13.6. The average molecular weight is 595 g/mol. The molecule has 0 bridgehead atoms. The van der Waals surface area contributed by atoms with Gasteiger partial charge in [-0.2, -0.15) is 4.31 Å². The molecule has 0 fully saturated rings. The number of ether oxygens (including phenoxy) is 2. The van der Waals surface area contributed by atoms with E-state index in [1.807, 2.05) is 52.0 Å². The quantitative estimate of drug-likeness (QED) is 0.235. The second-order valence-corrected chi connectivity index (χ2v) is 13.8. The maximum atomic E-state index is 13.9. The largest absolute Gasteiger partial charge is 0.486 e. The summed E-state index contributed by atoms with van der Waals surface area (Å²) in [6, 6.07) is 13.6. The number of benzene rings is 2. The molecule has 2 aromatic heterocycles. The highest BCUT2D eigenvalue weighted by Crippen LogP contribution is 2.39. The van der Waals surface area contributed by atoms with Gasteiger partial charge >= 0.3 is 0 Å². The van der Waals surface area contributed by atoms with Crippen LogP contribution >= 0.6 is 11.3 Å². The normalized spacial score (nSPS) is 13.3. The first-order chi connectivity index (χ1) is 19.6. The molecule has 0 atom stereocenters. The van der Waals surface area contributed by atoms with Crippen LogP contribution in [0.3, 0.4) is 0 Å². The standard InChI is InChI=1S/C30H34N4O5S2/c1-20(2)17-33(18-21(3)4)41(36,37)24-9-7-23(8-10-24)29(35)34(19-22-6-5-11-31-16-22)30-32-25-14-26-27(15-28(25)40-30)39-13-12-38-26/h5-11,14-16,20-21H,12-13,17-19H2,1-4H3. The summed E-state index contributed by atoms with van der Waals surface area (Å²) < 4.78 is 40.8. The molecular weight excluding hydrogens is 560 g/mol. The van der Waals surface area contributed by atoms with Crippen molar-refractivity contribution in [2.45, 2.75) is 39.1 Å². The molecular formula is C30H34N4O5S2. The monoisotopic (exact) mass is 594 g/mol. The molecule has 3 heterocycles. The van der Waals surface area contributed by atoms with Gasteiger partial charge in [-0.15, -0.1) is 0 Å². The highest BCUT2D eigenvalue weighted by Gasteiger charge is 2.28. The number of carbonyl (C=O) groups is 1. The molecule has 0 aliphatic carbocycles. The molecule has 41 heavy (non-hydrogen) atoms. The first-order valence-corrected chi connectivity index (χ1v) is 15.9. The fourth-order valence-corrected chi connectivity index (χ4v) is 7.37. The van der Waals surface area contributed by atoms with Crippen molar-refractivity contribution in [2.24, 2.45) is 11.8 Å². The van der Waals surface area contributed by atoms with Crippen molar-refractivity contribution in [3.63, 3.8) is 0 Å². The van der Waals surface area contributed by atoms with Crippen LogP contribution in [0.25, 0.3) is 10.2 Å². The Morgan fingerprint density at radius 3 is 2.24 bits per heavy atom. The Labute approximate surface area is 244 Å². The summed E-state index contributed by atoms with van der Waals surface area (Å²) in [5.41, 5.74) is 1.90. The Kier molecular flexibility index (Phi) is 8.58. The average Bonchev–Trinajstić information content (AvgIpc) is 3.36. The molecule has 1 amide bonds. The lowest BCUT2D eigenvalue weighted by atomic mass is 10.2. The number of aromatic nitrogens is 2. The van der Waals surface area contributed by atoms with E-state index in [2.05, 4.69) is 4.98 Å². The Morgan fingerprint density at radius 2 is 1.63 bits per heavy atom. The van der Waals surface area contributed by atoms with Crippen LogP contribution in [-0.4, -0.2) is 54.9 Å². The maximum absolute atomic E-state index is 13.9. The van der Waals surface area contributed by atoms with Gasteiger partial charge in [-0.1, -0.05) is 45.1 Å². The summed E-state index contributed by atoms with van der Waals surface area (Å²) in [7, 11) is -3.71. The Hall–Kier alpha value is -3.54. The summed E-state index contributed by atoms with van der Waals surface area (Å²) in [5.74, 6) is 1.36. The summed E-state index contributed by atoms with van der Waals surface area (Å²) in [4.78, 5) is 24.6. The molecule has 1 aliphatic heterocycles. The van der Waals surface area contributed by atoms with Crippen molar-refractivity contribution in [1.82, 2.24) is 14.3 Å². The van der Waals surface area contributed by atoms with Crippen LogP contribution in [0.5, 0.6) is 11.5 Å². The third-order valence-electron chi connectivity index (χ3n) is 6.46. The molecule has 11 heteroatoms. The molecule has 0 saturated heterocycles. The number of thiazole rings is 1. The lowest BCUT2D eigenvalue weighted by Gasteiger charge is -2.26. The van der Waals surface area contributed by atoms with Gasteiger partial charge in [-0.3, -0.25) is 14.7 Å². The van der Waals surface area contributed by atoms with Gasteiger partial charge < -0.3 is 9.47 Å². The number of hydrogen-bond acceptors (Lipinski definition) is 8. The van der Waals surface area contributed by atoms with Crippen molar-refractivity contribution in [2.75, 3.05) is 31.2 Å². The maximum Gasteiger partial charge on any atom is 0.260 e. The number of amides is 1. The number of pyridine rings is 1. The number of sulfonamides is 1. The number of fused-ring (bicyclic) bond motifs is 2. The molecule has 2 aromatic carbocycles. The van der Waals surface area contributed by atoms with Gasteiger partial charge in [0.05, 0.1) is 21.7 Å². The summed E-state index contributed by atoms with van der Waals surface area (Å²) in [5, 5.41) is 0.507. The third-order valence-corrected chi connectivity index (χ3v) is 9.34. The van der Waals surface area contributed by atoms with Gasteiger partial charge in [0.15, 0.2) is 16.6 Å². The minimum absolute atomic E-state index is 0.166. The number of nitrogens with zero attached hydrogens (tertiary/aromatic N) is 4. The number of rotatable bonds is 10. The molecule has 0 N–H and O–H groups in total. The Bertz CT molecular complexity index is 1570. The zero-order valence-electron chi connectivity index (χ0n) is 23.6. The molecule has 0 saturated carbocycles. The third kappa shape index (κ3) is 6.52. The van der Waals surface area contributed by atoms with Crippen molar-refractivity contribution in [1.29, 1.82) is 0 Å². The molecule has 4 aromatic rings. The predicted octanol–water partition coefficient (Wildman–Crippen LogP) is 5.61. The van der Waals surface area contributed by atoms with Crippen molar-refractivity contribution in [3.8, 4) is 11.5 Å². The van der Waals surface area contributed by atoms with E-state index in [4.69, 9.17) is 14.5 Å². The Morgan fingerprint density at radius 1 is 0.976 bits per heavy atom. The molecule has 0 unspecified atom stereocenters. The second-order valence-electron chi connectivity index (χ2n) is 10.8. The van der Waals surface area contributed by atoms with Crippen LogP contribution < -0.4 is 14.4 Å². The van der Waals surface area contributed by atoms with Gasteiger partial charge in [0.1, 0.15) is 13.2 Å². The summed E-state index contributed by atoms with van der Waals surface area (Å²) >= 11 is 1.38. The van der Waals surface area contributed by atoms with E-state index in [1.54, 1.807) is 29.4 Å². The number of hydrogen-bond donors (Lipinski definition) is 0. The molecule has 1 aliphatic rings. The van der Waals surface area contributed by atoms with E-state index in [9.17, 15) is 13.2 Å². The molecule has 0 radical (unpaired) electrons. The van der Waals surface area contributed by atoms with Gasteiger partial charge in [-0.05, 0) is 47.7 Å². The summed E-state index contributed by atoms with van der Waals surface area (Å²) in [6.45, 7) is 10.0. The van der Waals surface area contributed by atoms with E-state index in [0.717, 1.165) is 10.3 Å². The van der Waals surface area contributed by atoms with Crippen molar-refractivity contribution in [3.05, 3.63) is 72.1 Å².